The lowest BCUT2D eigenvalue weighted by Gasteiger charge is -2.16. The van der Waals surface area contributed by atoms with Crippen molar-refractivity contribution in [2.24, 2.45) is 0 Å². The summed E-state index contributed by atoms with van der Waals surface area (Å²) in [6, 6.07) is 14.8. The summed E-state index contributed by atoms with van der Waals surface area (Å²) in [4.78, 5) is 4.80. The Hall–Kier alpha value is -2.09. The minimum Gasteiger partial charge on any atom is -0.504 e. The van der Waals surface area contributed by atoms with Crippen LogP contribution in [-0.4, -0.2) is 31.3 Å². The van der Waals surface area contributed by atoms with Gasteiger partial charge in [-0.2, -0.15) is 0 Å². The summed E-state index contributed by atoms with van der Waals surface area (Å²) in [5, 5.41) is 0. The number of methoxy groups -OCH3 is 1. The summed E-state index contributed by atoms with van der Waals surface area (Å²) in [6.07, 6.45) is 3.45. The van der Waals surface area contributed by atoms with Crippen LogP contribution in [0, 0.1) is 0 Å². The Labute approximate surface area is 181 Å². The van der Waals surface area contributed by atoms with E-state index in [2.05, 4.69) is 35.6 Å². The summed E-state index contributed by atoms with van der Waals surface area (Å²) in [6.45, 7) is 8.21. The molecular weight excluding hydrogens is 448 g/mol. The molecule has 0 aliphatic heterocycles. The zero-order chi connectivity index (χ0) is 20.9. The average Bonchev–Trinajstić information content (AvgIpc) is 3.03. The van der Waals surface area contributed by atoms with Gasteiger partial charge in [-0.05, 0) is 46.2 Å². The molecule has 0 bridgehead atoms. The van der Waals surface area contributed by atoms with Gasteiger partial charge in [-0.25, -0.2) is 4.98 Å². The summed E-state index contributed by atoms with van der Waals surface area (Å²) in [5.41, 5.74) is 1.72. The number of imidazole rings is 1. The van der Waals surface area contributed by atoms with Crippen molar-refractivity contribution in [2.75, 3.05) is 13.7 Å². The van der Waals surface area contributed by atoms with Gasteiger partial charge in [0.1, 0.15) is 23.8 Å². The first kappa shape index (κ1) is 21.6. The highest BCUT2D eigenvalue weighted by molar-refractivity contribution is 9.10. The first-order valence-electron chi connectivity index (χ1n) is 9.58. The monoisotopic (exact) mass is 474 g/mol. The lowest BCUT2D eigenvalue weighted by Crippen LogP contribution is -2.22. The van der Waals surface area contributed by atoms with Gasteiger partial charge in [0.25, 0.3) is 0 Å². The molecule has 0 aliphatic carbocycles. The van der Waals surface area contributed by atoms with Crippen LogP contribution in [0.2, 0.25) is 25.7 Å². The fourth-order valence-electron chi connectivity index (χ4n) is 2.79. The Morgan fingerprint density at radius 1 is 1.10 bits per heavy atom. The number of fused-ring (bicyclic) bond motifs is 1. The molecule has 5 nitrogen and oxygen atoms in total. The van der Waals surface area contributed by atoms with Gasteiger partial charge in [-0.1, -0.05) is 37.8 Å². The van der Waals surface area contributed by atoms with Crippen LogP contribution in [-0.2, 0) is 16.2 Å². The Bertz CT molecular complexity index is 981. The number of halogens is 1. The third-order valence-electron chi connectivity index (χ3n) is 4.39. The number of rotatable bonds is 9. The van der Waals surface area contributed by atoms with E-state index in [1.54, 1.807) is 13.4 Å². The topological polar surface area (TPSA) is 45.5 Å². The second-order valence-corrected chi connectivity index (χ2v) is 14.4. The maximum atomic E-state index is 6.15. The molecule has 0 N–H and O–H groups in total. The van der Waals surface area contributed by atoms with E-state index in [-0.39, 0.29) is 0 Å². The van der Waals surface area contributed by atoms with Crippen molar-refractivity contribution in [2.45, 2.75) is 32.4 Å². The lowest BCUT2D eigenvalue weighted by atomic mass is 10.3. The quantitative estimate of drug-likeness (QED) is 0.201. The van der Waals surface area contributed by atoms with E-state index < -0.39 is 8.07 Å². The van der Waals surface area contributed by atoms with Crippen LogP contribution in [0.3, 0.4) is 0 Å². The summed E-state index contributed by atoms with van der Waals surface area (Å²) < 4.78 is 20.1. The standard InChI is InChI=1S/C22H27BrN2O3Si/c1-26-13-12-20-24-21-19(25(20)16-27-14-15-29(2,3)4)11-10-18(23)22(21)28-17-8-6-5-7-9-17/h5-13H,14-16H2,1-4H3. The van der Waals surface area contributed by atoms with E-state index in [0.29, 0.717) is 12.5 Å². The fourth-order valence-corrected chi connectivity index (χ4v) is 3.95. The average molecular weight is 475 g/mol. The van der Waals surface area contributed by atoms with Crippen molar-refractivity contribution < 1.29 is 14.2 Å². The maximum absolute atomic E-state index is 6.15. The minimum absolute atomic E-state index is 0.427. The van der Waals surface area contributed by atoms with E-state index in [9.17, 15) is 0 Å². The SMILES string of the molecule is COC=Cc1nc2c(Oc3ccccc3)c(Br)ccc2n1COCC[Si](C)(C)C. The molecule has 0 atom stereocenters. The van der Waals surface area contributed by atoms with Gasteiger partial charge in [0.15, 0.2) is 5.75 Å². The van der Waals surface area contributed by atoms with E-state index in [0.717, 1.165) is 39.7 Å². The molecule has 0 spiro atoms. The van der Waals surface area contributed by atoms with Gasteiger partial charge >= 0.3 is 0 Å². The van der Waals surface area contributed by atoms with E-state index >= 15 is 0 Å². The number of ether oxygens (including phenoxy) is 3. The van der Waals surface area contributed by atoms with Crippen LogP contribution < -0.4 is 4.74 Å². The number of nitrogens with zero attached hydrogens (tertiary/aromatic N) is 2. The Kier molecular flexibility index (Phi) is 7.16. The van der Waals surface area contributed by atoms with Crippen molar-refractivity contribution in [1.29, 1.82) is 0 Å². The van der Waals surface area contributed by atoms with Crippen molar-refractivity contribution in [1.82, 2.24) is 9.55 Å². The summed E-state index contributed by atoms with van der Waals surface area (Å²) in [7, 11) is 0.482. The molecule has 29 heavy (non-hydrogen) atoms. The lowest BCUT2D eigenvalue weighted by molar-refractivity contribution is 0.0894. The molecule has 0 fully saturated rings. The predicted molar refractivity (Wildman–Crippen MR) is 124 cm³/mol. The summed E-state index contributed by atoms with van der Waals surface area (Å²) >= 11 is 3.60. The van der Waals surface area contributed by atoms with Gasteiger partial charge in [0, 0.05) is 20.8 Å². The largest absolute Gasteiger partial charge is 0.504 e. The molecule has 0 radical (unpaired) electrons. The number of hydrogen-bond acceptors (Lipinski definition) is 4. The molecule has 0 saturated heterocycles. The Morgan fingerprint density at radius 3 is 2.55 bits per heavy atom. The molecule has 0 unspecified atom stereocenters. The molecule has 0 amide bonds. The van der Waals surface area contributed by atoms with Crippen LogP contribution >= 0.6 is 15.9 Å². The second-order valence-electron chi connectivity index (χ2n) is 7.94. The Balaban J connectivity index is 1.96. The third-order valence-corrected chi connectivity index (χ3v) is 6.72. The van der Waals surface area contributed by atoms with Crippen LogP contribution in [0.25, 0.3) is 17.1 Å². The van der Waals surface area contributed by atoms with Gasteiger partial charge in [-0.3, -0.25) is 0 Å². The fraction of sp³-hybridized carbons (Fsp3) is 0.318. The zero-order valence-electron chi connectivity index (χ0n) is 17.3. The normalized spacial score (nSPS) is 12.0. The van der Waals surface area contributed by atoms with Crippen LogP contribution in [0.15, 0.2) is 53.2 Å². The van der Waals surface area contributed by atoms with Crippen LogP contribution in [0.4, 0.5) is 0 Å². The zero-order valence-corrected chi connectivity index (χ0v) is 19.9. The van der Waals surface area contributed by atoms with E-state index in [1.807, 2.05) is 53.1 Å². The first-order chi connectivity index (χ1) is 13.9. The maximum Gasteiger partial charge on any atom is 0.169 e. The molecular formula is C22H27BrN2O3Si. The van der Waals surface area contributed by atoms with Gasteiger partial charge in [0.2, 0.25) is 0 Å². The number of benzene rings is 2. The van der Waals surface area contributed by atoms with Crippen LogP contribution in [0.5, 0.6) is 11.5 Å². The molecule has 3 aromatic rings. The van der Waals surface area contributed by atoms with E-state index in [4.69, 9.17) is 19.2 Å². The van der Waals surface area contributed by atoms with Gasteiger partial charge in [0.05, 0.1) is 23.4 Å². The highest BCUT2D eigenvalue weighted by Crippen LogP contribution is 2.37. The minimum atomic E-state index is -1.14. The van der Waals surface area contributed by atoms with Crippen LogP contribution in [0.1, 0.15) is 5.82 Å². The molecule has 1 aromatic heterocycles. The smallest absolute Gasteiger partial charge is 0.169 e. The van der Waals surface area contributed by atoms with Crippen molar-refractivity contribution in [3.05, 3.63) is 59.0 Å². The third kappa shape index (κ3) is 5.71. The molecule has 0 saturated carbocycles. The van der Waals surface area contributed by atoms with Crippen molar-refractivity contribution >= 4 is 41.1 Å². The highest BCUT2D eigenvalue weighted by atomic mass is 79.9. The predicted octanol–water partition coefficient (Wildman–Crippen LogP) is 6.52. The molecule has 3 rings (SSSR count). The molecule has 2 aromatic carbocycles. The molecule has 7 heteroatoms. The van der Waals surface area contributed by atoms with E-state index in [1.165, 1.54) is 0 Å². The van der Waals surface area contributed by atoms with Gasteiger partial charge in [-0.15, -0.1) is 0 Å². The molecule has 0 aliphatic rings. The molecule has 1 heterocycles. The second kappa shape index (κ2) is 9.60. The number of hydrogen-bond donors (Lipinski definition) is 0. The van der Waals surface area contributed by atoms with Gasteiger partial charge < -0.3 is 18.8 Å². The number of para-hydroxylation sites is 1. The Morgan fingerprint density at radius 2 is 1.86 bits per heavy atom. The molecule has 154 valence electrons. The van der Waals surface area contributed by atoms with Crippen molar-refractivity contribution in [3.8, 4) is 11.5 Å². The van der Waals surface area contributed by atoms with Crippen molar-refractivity contribution in [3.63, 3.8) is 0 Å². The highest BCUT2D eigenvalue weighted by Gasteiger charge is 2.17. The number of aromatic nitrogens is 2. The summed E-state index contributed by atoms with van der Waals surface area (Å²) in [5.74, 6) is 2.20. The first-order valence-corrected chi connectivity index (χ1v) is 14.1.